The van der Waals surface area contributed by atoms with Crippen LogP contribution in [0.3, 0.4) is 0 Å². The molecule has 1 aromatic rings. The molecule has 0 radical (unpaired) electrons. The minimum Gasteiger partial charge on any atom is -0.327 e. The molecule has 3 heteroatoms. The number of hydrogen-bond donors (Lipinski definition) is 1. The molecule has 0 aromatic carbocycles. The Hall–Kier alpha value is -0.0500. The third-order valence-corrected chi connectivity index (χ3v) is 4.44. The van der Waals surface area contributed by atoms with E-state index < -0.39 is 0 Å². The topological polar surface area (TPSA) is 26.0 Å². The zero-order chi connectivity index (χ0) is 9.47. The first-order chi connectivity index (χ1) is 6.12. The van der Waals surface area contributed by atoms with Gasteiger partial charge in [0.05, 0.1) is 5.02 Å². The highest BCUT2D eigenvalue weighted by Gasteiger charge is 2.42. The molecule has 0 spiro atoms. The number of hydrogen-bond acceptors (Lipinski definition) is 2. The second kappa shape index (κ2) is 3.26. The predicted molar refractivity (Wildman–Crippen MR) is 58.3 cm³/mol. The minimum atomic E-state index is 0.281. The van der Waals surface area contributed by atoms with Crippen LogP contribution in [0, 0.1) is 5.41 Å². The molecule has 1 atom stereocenters. The summed E-state index contributed by atoms with van der Waals surface area (Å²) in [6.07, 6.45) is 3.49. The van der Waals surface area contributed by atoms with Crippen LogP contribution in [0.15, 0.2) is 11.4 Å². The molecule has 1 heterocycles. The minimum absolute atomic E-state index is 0.281. The molecule has 2 rings (SSSR count). The smallest absolute Gasteiger partial charge is 0.0545 e. The Morgan fingerprint density at radius 1 is 1.69 bits per heavy atom. The summed E-state index contributed by atoms with van der Waals surface area (Å²) >= 11 is 7.72. The summed E-state index contributed by atoms with van der Waals surface area (Å²) < 4.78 is 0. The second-order valence-corrected chi connectivity index (χ2v) is 5.56. The van der Waals surface area contributed by atoms with Gasteiger partial charge in [-0.05, 0) is 36.1 Å². The number of nitrogens with two attached hydrogens (primary N) is 1. The van der Waals surface area contributed by atoms with Gasteiger partial charge in [-0.3, -0.25) is 0 Å². The molecule has 1 nitrogen and oxygen atoms in total. The van der Waals surface area contributed by atoms with Gasteiger partial charge in [0.2, 0.25) is 0 Å². The summed E-state index contributed by atoms with van der Waals surface area (Å²) in [5, 5.41) is 2.91. The zero-order valence-electron chi connectivity index (χ0n) is 7.72. The van der Waals surface area contributed by atoms with Gasteiger partial charge in [-0.15, -0.1) is 11.3 Å². The normalized spacial score (nSPS) is 21.5. The van der Waals surface area contributed by atoms with Gasteiger partial charge >= 0.3 is 0 Å². The van der Waals surface area contributed by atoms with Gasteiger partial charge in [-0.2, -0.15) is 0 Å². The van der Waals surface area contributed by atoms with E-state index >= 15 is 0 Å². The molecule has 0 bridgehead atoms. The SMILES string of the molecule is CC1(C(N)Cc2sccc2Cl)CC1. The van der Waals surface area contributed by atoms with Crippen LogP contribution >= 0.6 is 22.9 Å². The first-order valence-electron chi connectivity index (χ1n) is 4.59. The summed E-state index contributed by atoms with van der Waals surface area (Å²) in [4.78, 5) is 1.24. The summed E-state index contributed by atoms with van der Waals surface area (Å²) in [6, 6.07) is 2.23. The van der Waals surface area contributed by atoms with Crippen molar-refractivity contribution in [1.82, 2.24) is 0 Å². The molecule has 1 saturated carbocycles. The highest BCUT2D eigenvalue weighted by molar-refractivity contribution is 7.10. The third kappa shape index (κ3) is 1.90. The molecule has 1 fully saturated rings. The maximum Gasteiger partial charge on any atom is 0.0545 e. The Balaban J connectivity index is 2.02. The van der Waals surface area contributed by atoms with Crippen molar-refractivity contribution >= 4 is 22.9 Å². The van der Waals surface area contributed by atoms with Gasteiger partial charge in [0, 0.05) is 10.9 Å². The first kappa shape index (κ1) is 9.50. The third-order valence-electron chi connectivity index (χ3n) is 3.03. The van der Waals surface area contributed by atoms with Gasteiger partial charge < -0.3 is 5.73 Å². The first-order valence-corrected chi connectivity index (χ1v) is 5.85. The Morgan fingerprint density at radius 2 is 2.38 bits per heavy atom. The largest absolute Gasteiger partial charge is 0.327 e. The van der Waals surface area contributed by atoms with Crippen LogP contribution in [0.4, 0.5) is 0 Å². The van der Waals surface area contributed by atoms with Gasteiger partial charge in [-0.25, -0.2) is 0 Å². The van der Waals surface area contributed by atoms with E-state index in [1.807, 2.05) is 11.4 Å². The van der Waals surface area contributed by atoms with E-state index in [9.17, 15) is 0 Å². The Labute approximate surface area is 87.9 Å². The van der Waals surface area contributed by atoms with Crippen LogP contribution in [0.25, 0.3) is 0 Å². The van der Waals surface area contributed by atoms with Crippen molar-refractivity contribution in [3.63, 3.8) is 0 Å². The molecule has 1 aromatic heterocycles. The van der Waals surface area contributed by atoms with E-state index in [1.165, 1.54) is 17.7 Å². The lowest BCUT2D eigenvalue weighted by molar-refractivity contribution is 0.435. The van der Waals surface area contributed by atoms with Crippen molar-refractivity contribution in [3.05, 3.63) is 21.3 Å². The van der Waals surface area contributed by atoms with Crippen LogP contribution in [0.2, 0.25) is 5.02 Å². The maximum absolute atomic E-state index is 6.12. The van der Waals surface area contributed by atoms with E-state index in [2.05, 4.69) is 6.92 Å². The van der Waals surface area contributed by atoms with Crippen molar-refractivity contribution < 1.29 is 0 Å². The summed E-state index contributed by atoms with van der Waals surface area (Å²) in [6.45, 7) is 2.26. The molecular formula is C10H14ClNS. The molecule has 2 N–H and O–H groups in total. The van der Waals surface area contributed by atoms with Crippen LogP contribution in [0.1, 0.15) is 24.6 Å². The molecule has 1 unspecified atom stereocenters. The van der Waals surface area contributed by atoms with E-state index in [0.29, 0.717) is 5.41 Å². The van der Waals surface area contributed by atoms with E-state index in [-0.39, 0.29) is 6.04 Å². The standard InChI is InChI=1S/C10H14ClNS/c1-10(3-4-10)9(12)6-8-7(11)2-5-13-8/h2,5,9H,3-4,6,12H2,1H3. The molecule has 0 aliphatic heterocycles. The van der Waals surface area contributed by atoms with Crippen LogP contribution < -0.4 is 5.73 Å². The molecule has 1 aliphatic carbocycles. The van der Waals surface area contributed by atoms with E-state index in [0.717, 1.165) is 11.4 Å². The van der Waals surface area contributed by atoms with Gasteiger partial charge in [0.25, 0.3) is 0 Å². The summed E-state index contributed by atoms with van der Waals surface area (Å²) in [5.41, 5.74) is 6.52. The average molecular weight is 216 g/mol. The van der Waals surface area contributed by atoms with Crippen LogP contribution in [0.5, 0.6) is 0 Å². The quantitative estimate of drug-likeness (QED) is 0.824. The highest BCUT2D eigenvalue weighted by atomic mass is 35.5. The fraction of sp³-hybridized carbons (Fsp3) is 0.600. The summed E-state index contributed by atoms with van der Waals surface area (Å²) in [7, 11) is 0. The average Bonchev–Trinajstić information content (AvgIpc) is 2.72. The highest BCUT2D eigenvalue weighted by Crippen LogP contribution is 2.48. The molecule has 72 valence electrons. The Bertz CT molecular complexity index is 304. The number of halogens is 1. The lowest BCUT2D eigenvalue weighted by Crippen LogP contribution is -2.31. The lowest BCUT2D eigenvalue weighted by atomic mass is 9.96. The van der Waals surface area contributed by atoms with Crippen molar-refractivity contribution in [2.45, 2.75) is 32.2 Å². The maximum atomic E-state index is 6.12. The van der Waals surface area contributed by atoms with E-state index in [4.69, 9.17) is 17.3 Å². The molecule has 13 heavy (non-hydrogen) atoms. The summed E-state index contributed by atoms with van der Waals surface area (Å²) in [5.74, 6) is 0. The van der Waals surface area contributed by atoms with Crippen LogP contribution in [-0.4, -0.2) is 6.04 Å². The predicted octanol–water partition coefficient (Wildman–Crippen LogP) is 3.07. The monoisotopic (exact) mass is 215 g/mol. The van der Waals surface area contributed by atoms with Gasteiger partial charge in [-0.1, -0.05) is 18.5 Å². The van der Waals surface area contributed by atoms with Gasteiger partial charge in [0.15, 0.2) is 0 Å². The van der Waals surface area contributed by atoms with Crippen molar-refractivity contribution in [2.24, 2.45) is 11.1 Å². The fourth-order valence-electron chi connectivity index (χ4n) is 1.48. The Kier molecular flexibility index (Phi) is 2.39. The van der Waals surface area contributed by atoms with Crippen LogP contribution in [-0.2, 0) is 6.42 Å². The van der Waals surface area contributed by atoms with Crippen molar-refractivity contribution in [1.29, 1.82) is 0 Å². The van der Waals surface area contributed by atoms with Crippen molar-refractivity contribution in [2.75, 3.05) is 0 Å². The number of rotatable bonds is 3. The fourth-order valence-corrected chi connectivity index (χ4v) is 2.66. The van der Waals surface area contributed by atoms with Gasteiger partial charge in [0.1, 0.15) is 0 Å². The molecular weight excluding hydrogens is 202 g/mol. The molecule has 0 saturated heterocycles. The number of thiophene rings is 1. The molecule has 0 amide bonds. The van der Waals surface area contributed by atoms with Crippen molar-refractivity contribution in [3.8, 4) is 0 Å². The molecule has 1 aliphatic rings. The Morgan fingerprint density at radius 3 is 2.85 bits per heavy atom. The van der Waals surface area contributed by atoms with E-state index in [1.54, 1.807) is 11.3 Å². The second-order valence-electron chi connectivity index (χ2n) is 4.16. The zero-order valence-corrected chi connectivity index (χ0v) is 9.29. The lowest BCUT2D eigenvalue weighted by Gasteiger charge is -2.17.